The summed E-state index contributed by atoms with van der Waals surface area (Å²) in [4.78, 5) is 22.2. The van der Waals surface area contributed by atoms with Gasteiger partial charge in [-0.15, -0.1) is 0 Å². The fourth-order valence-electron chi connectivity index (χ4n) is 1.20. The molecule has 94 valence electrons. The fraction of sp³-hybridized carbons (Fsp3) is 0.182. The molecule has 1 aromatic rings. The SMILES string of the molecule is COC(=O)c1c(F)ccc(NC(=O)CC#N)c1F. The quantitative estimate of drug-likeness (QED) is 0.831. The molecule has 0 saturated heterocycles. The molecule has 0 aliphatic carbocycles. The van der Waals surface area contributed by atoms with Crippen molar-refractivity contribution < 1.29 is 23.1 Å². The molecular formula is C11H8F2N2O3. The zero-order chi connectivity index (χ0) is 13.7. The van der Waals surface area contributed by atoms with Crippen molar-refractivity contribution in [2.75, 3.05) is 12.4 Å². The van der Waals surface area contributed by atoms with Crippen LogP contribution in [0.15, 0.2) is 12.1 Å². The number of hydrogen-bond acceptors (Lipinski definition) is 4. The average molecular weight is 254 g/mol. The first-order valence-electron chi connectivity index (χ1n) is 4.74. The maximum atomic E-state index is 13.7. The molecule has 0 aliphatic rings. The molecule has 0 aliphatic heterocycles. The average Bonchev–Trinajstić information content (AvgIpc) is 2.33. The standard InChI is InChI=1S/C11H8F2N2O3/c1-18-11(17)9-6(12)2-3-7(10(9)13)15-8(16)4-5-14/h2-3H,4H2,1H3,(H,15,16). The number of ether oxygens (including phenoxy) is 1. The van der Waals surface area contributed by atoms with E-state index in [9.17, 15) is 18.4 Å². The summed E-state index contributed by atoms with van der Waals surface area (Å²) < 4.78 is 31.2. The number of carbonyl (C=O) groups excluding carboxylic acids is 2. The van der Waals surface area contributed by atoms with E-state index < -0.39 is 41.2 Å². The molecule has 1 amide bonds. The Bertz CT molecular complexity index is 538. The van der Waals surface area contributed by atoms with Crippen LogP contribution in [-0.4, -0.2) is 19.0 Å². The van der Waals surface area contributed by atoms with Crippen LogP contribution in [0.25, 0.3) is 0 Å². The minimum atomic E-state index is -1.24. The lowest BCUT2D eigenvalue weighted by atomic mass is 10.1. The van der Waals surface area contributed by atoms with Crippen molar-refractivity contribution in [3.05, 3.63) is 29.3 Å². The number of methoxy groups -OCH3 is 1. The molecule has 1 aromatic carbocycles. The van der Waals surface area contributed by atoms with Crippen molar-refractivity contribution in [1.29, 1.82) is 5.26 Å². The number of rotatable bonds is 3. The maximum Gasteiger partial charge on any atom is 0.343 e. The molecule has 0 radical (unpaired) electrons. The van der Waals surface area contributed by atoms with E-state index in [1.807, 2.05) is 5.32 Å². The highest BCUT2D eigenvalue weighted by Crippen LogP contribution is 2.22. The lowest BCUT2D eigenvalue weighted by Crippen LogP contribution is -2.15. The summed E-state index contributed by atoms with van der Waals surface area (Å²) in [5.74, 6) is -4.30. The topological polar surface area (TPSA) is 79.2 Å². The van der Waals surface area contributed by atoms with Crippen molar-refractivity contribution >= 4 is 17.6 Å². The number of nitriles is 1. The van der Waals surface area contributed by atoms with Gasteiger partial charge in [0.15, 0.2) is 5.82 Å². The predicted octanol–water partition coefficient (Wildman–Crippen LogP) is 1.60. The van der Waals surface area contributed by atoms with Crippen LogP contribution in [0.1, 0.15) is 16.8 Å². The Morgan fingerprint density at radius 1 is 1.44 bits per heavy atom. The smallest absolute Gasteiger partial charge is 0.343 e. The van der Waals surface area contributed by atoms with Crippen LogP contribution in [0.5, 0.6) is 0 Å². The monoisotopic (exact) mass is 254 g/mol. The zero-order valence-electron chi connectivity index (χ0n) is 9.29. The van der Waals surface area contributed by atoms with E-state index in [1.165, 1.54) is 0 Å². The molecule has 5 nitrogen and oxygen atoms in total. The highest BCUT2D eigenvalue weighted by atomic mass is 19.1. The third kappa shape index (κ3) is 2.79. The summed E-state index contributed by atoms with van der Waals surface area (Å²) in [5, 5.41) is 10.3. The maximum absolute atomic E-state index is 13.7. The normalized spacial score (nSPS) is 9.44. The highest BCUT2D eigenvalue weighted by molar-refractivity contribution is 5.95. The molecular weight excluding hydrogens is 246 g/mol. The van der Waals surface area contributed by atoms with Crippen molar-refractivity contribution in [3.8, 4) is 6.07 Å². The Morgan fingerprint density at radius 2 is 2.11 bits per heavy atom. The molecule has 0 fully saturated rings. The fourth-order valence-corrected chi connectivity index (χ4v) is 1.20. The molecule has 18 heavy (non-hydrogen) atoms. The van der Waals surface area contributed by atoms with E-state index in [0.717, 1.165) is 19.2 Å². The predicted molar refractivity (Wildman–Crippen MR) is 56.6 cm³/mol. The summed E-state index contributed by atoms with van der Waals surface area (Å²) in [6, 6.07) is 3.33. The first-order chi connectivity index (χ1) is 8.51. The van der Waals surface area contributed by atoms with Crippen LogP contribution in [0.2, 0.25) is 0 Å². The van der Waals surface area contributed by atoms with E-state index in [1.54, 1.807) is 6.07 Å². The second kappa shape index (κ2) is 5.72. The lowest BCUT2D eigenvalue weighted by molar-refractivity contribution is -0.115. The van der Waals surface area contributed by atoms with E-state index in [4.69, 9.17) is 5.26 Å². The Hall–Kier alpha value is -2.49. The molecule has 0 atom stereocenters. The Kier molecular flexibility index (Phi) is 4.32. The van der Waals surface area contributed by atoms with Crippen molar-refractivity contribution in [2.45, 2.75) is 6.42 Å². The van der Waals surface area contributed by atoms with E-state index in [2.05, 4.69) is 4.74 Å². The van der Waals surface area contributed by atoms with Gasteiger partial charge in [0, 0.05) is 0 Å². The van der Waals surface area contributed by atoms with Gasteiger partial charge in [-0.05, 0) is 12.1 Å². The van der Waals surface area contributed by atoms with E-state index in [-0.39, 0.29) is 0 Å². The van der Waals surface area contributed by atoms with E-state index >= 15 is 0 Å². The summed E-state index contributed by atoms with van der Waals surface area (Å²) in [7, 11) is 0.974. The summed E-state index contributed by atoms with van der Waals surface area (Å²) in [6.07, 6.45) is -0.482. The minimum Gasteiger partial charge on any atom is -0.465 e. The molecule has 7 heteroatoms. The van der Waals surface area contributed by atoms with Gasteiger partial charge in [-0.2, -0.15) is 5.26 Å². The van der Waals surface area contributed by atoms with Gasteiger partial charge in [0.1, 0.15) is 17.8 Å². The van der Waals surface area contributed by atoms with Crippen LogP contribution in [-0.2, 0) is 9.53 Å². The lowest BCUT2D eigenvalue weighted by Gasteiger charge is -2.08. The number of esters is 1. The van der Waals surface area contributed by atoms with Gasteiger partial charge in [0.25, 0.3) is 0 Å². The van der Waals surface area contributed by atoms with Gasteiger partial charge in [-0.1, -0.05) is 0 Å². The van der Waals surface area contributed by atoms with Crippen LogP contribution in [0, 0.1) is 23.0 Å². The van der Waals surface area contributed by atoms with Gasteiger partial charge in [0.05, 0.1) is 18.9 Å². The molecule has 1 rings (SSSR count). The van der Waals surface area contributed by atoms with Gasteiger partial charge in [0.2, 0.25) is 5.91 Å². The molecule has 0 unspecified atom stereocenters. The third-order valence-corrected chi connectivity index (χ3v) is 1.99. The molecule has 0 aromatic heterocycles. The summed E-state index contributed by atoms with van der Waals surface area (Å²) >= 11 is 0. The van der Waals surface area contributed by atoms with Crippen LogP contribution in [0.3, 0.4) is 0 Å². The van der Waals surface area contributed by atoms with Crippen LogP contribution in [0.4, 0.5) is 14.5 Å². The largest absolute Gasteiger partial charge is 0.465 e. The number of carbonyl (C=O) groups is 2. The number of nitrogens with zero attached hydrogens (tertiary/aromatic N) is 1. The minimum absolute atomic E-state index is 0.392. The number of halogens is 2. The van der Waals surface area contributed by atoms with Crippen molar-refractivity contribution in [2.24, 2.45) is 0 Å². The number of hydrogen-bond donors (Lipinski definition) is 1. The molecule has 0 heterocycles. The van der Waals surface area contributed by atoms with Gasteiger partial charge >= 0.3 is 5.97 Å². The van der Waals surface area contributed by atoms with Gasteiger partial charge in [-0.25, -0.2) is 13.6 Å². The van der Waals surface area contributed by atoms with E-state index in [0.29, 0.717) is 0 Å². The summed E-state index contributed by atoms with van der Waals surface area (Å²) in [5.41, 5.74) is -1.29. The first-order valence-corrected chi connectivity index (χ1v) is 4.74. The zero-order valence-corrected chi connectivity index (χ0v) is 9.29. The molecule has 0 bridgehead atoms. The van der Waals surface area contributed by atoms with Gasteiger partial charge in [-0.3, -0.25) is 4.79 Å². The molecule has 0 saturated carbocycles. The first kappa shape index (κ1) is 13.6. The number of nitrogens with one attached hydrogen (secondary N) is 1. The Labute approximate surface area is 101 Å². The number of amides is 1. The van der Waals surface area contributed by atoms with Crippen LogP contribution < -0.4 is 5.32 Å². The Balaban J connectivity index is 3.13. The molecule has 1 N–H and O–H groups in total. The number of anilines is 1. The third-order valence-electron chi connectivity index (χ3n) is 1.99. The summed E-state index contributed by atoms with van der Waals surface area (Å²) in [6.45, 7) is 0. The Morgan fingerprint density at radius 3 is 2.67 bits per heavy atom. The van der Waals surface area contributed by atoms with Crippen molar-refractivity contribution in [3.63, 3.8) is 0 Å². The van der Waals surface area contributed by atoms with Crippen LogP contribution >= 0.6 is 0 Å². The highest BCUT2D eigenvalue weighted by Gasteiger charge is 2.21. The number of benzene rings is 1. The molecule has 0 spiro atoms. The van der Waals surface area contributed by atoms with Gasteiger partial charge < -0.3 is 10.1 Å². The van der Waals surface area contributed by atoms with Crippen molar-refractivity contribution in [1.82, 2.24) is 0 Å². The second-order valence-corrected chi connectivity index (χ2v) is 3.16. The second-order valence-electron chi connectivity index (χ2n) is 3.16.